The molecule has 1 unspecified atom stereocenters. The predicted octanol–water partition coefficient (Wildman–Crippen LogP) is 7.31. The summed E-state index contributed by atoms with van der Waals surface area (Å²) in [5.41, 5.74) is 4.07. The fourth-order valence-electron chi connectivity index (χ4n) is 5.12. The molecule has 1 aromatic heterocycles. The number of amides is 2. The Morgan fingerprint density at radius 2 is 1.66 bits per heavy atom. The van der Waals surface area contributed by atoms with Gasteiger partial charge < -0.3 is 25.6 Å². The zero-order valence-corrected chi connectivity index (χ0v) is 28.6. The number of Topliss-reactive ketones (excluding diaryl/α,β-unsaturated/α-hetero) is 1. The second-order valence-corrected chi connectivity index (χ2v) is 13.4. The molecule has 4 aromatic rings. The molecule has 0 fully saturated rings. The number of ketones is 1. The molecule has 3 N–H and O–H groups in total. The number of ether oxygens (including phenoxy) is 1. The van der Waals surface area contributed by atoms with Crippen molar-refractivity contribution in [3.8, 4) is 0 Å². The lowest BCUT2D eigenvalue weighted by molar-refractivity contribution is -0.129. The van der Waals surface area contributed by atoms with Crippen LogP contribution in [0.5, 0.6) is 0 Å². The van der Waals surface area contributed by atoms with Crippen LogP contribution in [0, 0.1) is 0 Å². The van der Waals surface area contributed by atoms with Gasteiger partial charge in [-0.2, -0.15) is 0 Å². The van der Waals surface area contributed by atoms with E-state index < -0.39 is 11.2 Å². The van der Waals surface area contributed by atoms with Gasteiger partial charge in [0.1, 0.15) is 10.3 Å². The van der Waals surface area contributed by atoms with E-state index in [1.807, 2.05) is 54.6 Å². The number of anilines is 3. The van der Waals surface area contributed by atoms with Gasteiger partial charge in [0.15, 0.2) is 10.9 Å². The van der Waals surface area contributed by atoms with E-state index in [0.29, 0.717) is 40.8 Å². The SMILES string of the molecule is CCOC(=O)c1c(NC(=O)C(Sc2cccc(NC(=S)Nc3ccc(C(C)=O)cc3)c2)c2ccccc2)sc2c1CCN(C(C)=O)C2. The number of thioether (sulfide) groups is 1. The van der Waals surface area contributed by atoms with Crippen LogP contribution in [0.1, 0.15) is 62.7 Å². The summed E-state index contributed by atoms with van der Waals surface area (Å²) in [6, 6.07) is 24.1. The summed E-state index contributed by atoms with van der Waals surface area (Å²) in [4.78, 5) is 54.2. The number of fused-ring (bicyclic) bond motifs is 1. The van der Waals surface area contributed by atoms with Crippen molar-refractivity contribution in [1.29, 1.82) is 0 Å². The summed E-state index contributed by atoms with van der Waals surface area (Å²) in [5.74, 6) is -0.828. The number of thiophene rings is 1. The fourth-order valence-corrected chi connectivity index (χ4v) is 7.70. The molecule has 0 bridgehead atoms. The summed E-state index contributed by atoms with van der Waals surface area (Å²) >= 11 is 8.20. The molecule has 2 heterocycles. The van der Waals surface area contributed by atoms with E-state index in [2.05, 4.69) is 16.0 Å². The Hall–Kier alpha value is -4.52. The maximum absolute atomic E-state index is 14.1. The number of carbonyl (C=O) groups excluding carboxylic acids is 4. The quantitative estimate of drug-likeness (QED) is 0.0683. The molecule has 0 aliphatic carbocycles. The average Bonchev–Trinajstić information content (AvgIpc) is 3.41. The third kappa shape index (κ3) is 8.45. The van der Waals surface area contributed by atoms with Crippen molar-refractivity contribution in [3.05, 3.63) is 106 Å². The monoisotopic (exact) mass is 686 g/mol. The van der Waals surface area contributed by atoms with Gasteiger partial charge in [0.05, 0.1) is 18.7 Å². The molecule has 1 atom stereocenters. The van der Waals surface area contributed by atoms with Crippen LogP contribution >= 0.6 is 35.3 Å². The molecule has 47 heavy (non-hydrogen) atoms. The topological polar surface area (TPSA) is 117 Å². The Morgan fingerprint density at radius 3 is 2.34 bits per heavy atom. The Kier molecular flexibility index (Phi) is 11.1. The van der Waals surface area contributed by atoms with Gasteiger partial charge in [0.2, 0.25) is 11.8 Å². The minimum absolute atomic E-state index is 0.0102. The third-order valence-electron chi connectivity index (χ3n) is 7.45. The molecule has 242 valence electrons. The third-order valence-corrected chi connectivity index (χ3v) is 10.0. The molecule has 0 radical (unpaired) electrons. The second kappa shape index (κ2) is 15.4. The Balaban J connectivity index is 1.36. The summed E-state index contributed by atoms with van der Waals surface area (Å²) in [5, 5.41) is 9.49. The van der Waals surface area contributed by atoms with Crippen LogP contribution in [0.3, 0.4) is 0 Å². The molecule has 0 saturated carbocycles. The molecular formula is C35H34N4O5S3. The van der Waals surface area contributed by atoms with Gasteiger partial charge in [-0.1, -0.05) is 36.4 Å². The van der Waals surface area contributed by atoms with Crippen molar-refractivity contribution in [2.24, 2.45) is 0 Å². The highest BCUT2D eigenvalue weighted by molar-refractivity contribution is 8.00. The molecule has 2 amide bonds. The first kappa shape index (κ1) is 33.8. The first-order valence-corrected chi connectivity index (χ1v) is 17.1. The maximum Gasteiger partial charge on any atom is 0.341 e. The summed E-state index contributed by atoms with van der Waals surface area (Å²) < 4.78 is 5.38. The molecule has 1 aliphatic rings. The number of nitrogens with one attached hydrogen (secondary N) is 3. The van der Waals surface area contributed by atoms with E-state index in [0.717, 1.165) is 32.3 Å². The molecule has 3 aromatic carbocycles. The molecule has 9 nitrogen and oxygen atoms in total. The van der Waals surface area contributed by atoms with Crippen LogP contribution < -0.4 is 16.0 Å². The average molecular weight is 687 g/mol. The van der Waals surface area contributed by atoms with Gasteiger partial charge in [0.25, 0.3) is 0 Å². The van der Waals surface area contributed by atoms with Crippen LogP contribution in [0.25, 0.3) is 0 Å². The van der Waals surface area contributed by atoms with Gasteiger partial charge in [-0.15, -0.1) is 23.1 Å². The van der Waals surface area contributed by atoms with Crippen molar-refractivity contribution in [2.45, 2.75) is 43.9 Å². The van der Waals surface area contributed by atoms with Crippen molar-refractivity contribution in [3.63, 3.8) is 0 Å². The van der Waals surface area contributed by atoms with Gasteiger partial charge in [-0.05, 0) is 86.1 Å². The molecule has 0 saturated heterocycles. The van der Waals surface area contributed by atoms with E-state index in [1.54, 1.807) is 36.1 Å². The van der Waals surface area contributed by atoms with Crippen molar-refractivity contribution in [2.75, 3.05) is 29.1 Å². The largest absolute Gasteiger partial charge is 0.462 e. The van der Waals surface area contributed by atoms with Gasteiger partial charge in [-0.3, -0.25) is 14.4 Å². The molecule has 5 rings (SSSR count). The van der Waals surface area contributed by atoms with Gasteiger partial charge in [0, 0.05) is 40.2 Å². The van der Waals surface area contributed by atoms with E-state index in [4.69, 9.17) is 17.0 Å². The number of rotatable bonds is 10. The van der Waals surface area contributed by atoms with Gasteiger partial charge >= 0.3 is 5.97 Å². The standard InChI is InChI=1S/C35H34N4O5S3/c1-4-44-34(43)30-28-17-18-39(22(3)41)20-29(28)47-33(30)38-32(42)31(24-9-6-5-7-10-24)46-27-12-8-11-26(19-27)37-35(45)36-25-15-13-23(14-16-25)21(2)40/h5-16,19,31H,4,17-18,20H2,1-3H3,(H,38,42)(H2,36,37,45). The van der Waals surface area contributed by atoms with E-state index in [9.17, 15) is 19.2 Å². The first-order valence-electron chi connectivity index (χ1n) is 15.0. The minimum Gasteiger partial charge on any atom is -0.462 e. The second-order valence-electron chi connectivity index (χ2n) is 10.8. The van der Waals surface area contributed by atoms with Crippen LogP contribution in [-0.2, 0) is 27.3 Å². The lowest BCUT2D eigenvalue weighted by Crippen LogP contribution is -2.34. The number of nitrogens with zero attached hydrogens (tertiary/aromatic N) is 1. The zero-order chi connectivity index (χ0) is 33.5. The molecule has 1 aliphatic heterocycles. The number of benzene rings is 3. The first-order chi connectivity index (χ1) is 22.6. The van der Waals surface area contributed by atoms with Crippen LogP contribution in [0.4, 0.5) is 16.4 Å². The Morgan fingerprint density at radius 1 is 0.936 bits per heavy atom. The van der Waals surface area contributed by atoms with Crippen molar-refractivity contribution < 1.29 is 23.9 Å². The van der Waals surface area contributed by atoms with Crippen LogP contribution in [-0.4, -0.2) is 46.7 Å². The van der Waals surface area contributed by atoms with E-state index in [-0.39, 0.29) is 24.2 Å². The summed E-state index contributed by atoms with van der Waals surface area (Å²) in [7, 11) is 0. The lowest BCUT2D eigenvalue weighted by atomic mass is 10.0. The van der Waals surface area contributed by atoms with Crippen LogP contribution in [0.2, 0.25) is 0 Å². The summed E-state index contributed by atoms with van der Waals surface area (Å²) in [6.07, 6.45) is 0.506. The van der Waals surface area contributed by atoms with Crippen LogP contribution in [0.15, 0.2) is 83.8 Å². The summed E-state index contributed by atoms with van der Waals surface area (Å²) in [6.45, 7) is 5.87. The molecule has 0 spiro atoms. The van der Waals surface area contributed by atoms with E-state index in [1.165, 1.54) is 36.9 Å². The Labute approximate surface area is 287 Å². The van der Waals surface area contributed by atoms with Gasteiger partial charge in [-0.25, -0.2) is 4.79 Å². The number of thiocarbonyl (C=S) groups is 1. The highest BCUT2D eigenvalue weighted by Crippen LogP contribution is 2.41. The number of carbonyl (C=O) groups is 4. The fraction of sp³-hybridized carbons (Fsp3) is 0.229. The molecular weight excluding hydrogens is 653 g/mol. The predicted molar refractivity (Wildman–Crippen MR) is 191 cm³/mol. The number of esters is 1. The van der Waals surface area contributed by atoms with E-state index >= 15 is 0 Å². The number of hydrogen-bond acceptors (Lipinski definition) is 8. The minimum atomic E-state index is -0.654. The molecule has 12 heteroatoms. The highest BCUT2D eigenvalue weighted by atomic mass is 32.2. The normalized spacial score (nSPS) is 12.8. The zero-order valence-electron chi connectivity index (χ0n) is 26.1. The smallest absolute Gasteiger partial charge is 0.341 e. The van der Waals surface area contributed by atoms with Crippen molar-refractivity contribution >= 4 is 80.4 Å². The Bertz CT molecular complexity index is 1810. The highest BCUT2D eigenvalue weighted by Gasteiger charge is 2.32. The number of hydrogen-bond donors (Lipinski definition) is 3. The van der Waals surface area contributed by atoms with Crippen molar-refractivity contribution in [1.82, 2.24) is 4.90 Å². The lowest BCUT2D eigenvalue weighted by Gasteiger charge is -2.25. The maximum atomic E-state index is 14.1.